The third kappa shape index (κ3) is 3.58. The molecule has 0 aliphatic carbocycles. The number of para-hydroxylation sites is 1. The van der Waals surface area contributed by atoms with Gasteiger partial charge in [-0.15, -0.1) is 0 Å². The summed E-state index contributed by atoms with van der Waals surface area (Å²) in [5.41, 5.74) is 8.24. The predicted octanol–water partition coefficient (Wildman–Crippen LogP) is 3.16. The maximum absolute atomic E-state index is 5.82. The molecule has 19 heavy (non-hydrogen) atoms. The predicted molar refractivity (Wildman–Crippen MR) is 80.1 cm³/mol. The van der Waals surface area contributed by atoms with Crippen LogP contribution in [0, 0.1) is 5.92 Å². The summed E-state index contributed by atoms with van der Waals surface area (Å²) in [6.45, 7) is 7.47. The van der Waals surface area contributed by atoms with Crippen molar-refractivity contribution in [2.45, 2.75) is 33.4 Å². The topological polar surface area (TPSA) is 40.2 Å². The lowest BCUT2D eigenvalue weighted by molar-refractivity contribution is 0.116. The number of aromatic nitrogens is 1. The van der Waals surface area contributed by atoms with Crippen molar-refractivity contribution in [3.05, 3.63) is 36.0 Å². The van der Waals surface area contributed by atoms with Crippen LogP contribution < -0.4 is 5.73 Å². The number of ether oxygens (including phenoxy) is 1. The smallest absolute Gasteiger partial charge is 0.0645 e. The quantitative estimate of drug-likeness (QED) is 0.777. The van der Waals surface area contributed by atoms with Gasteiger partial charge in [-0.1, -0.05) is 32.0 Å². The van der Waals surface area contributed by atoms with Gasteiger partial charge in [0.05, 0.1) is 6.61 Å². The number of hydrogen-bond acceptors (Lipinski definition) is 2. The molecule has 0 atom stereocenters. The minimum Gasteiger partial charge on any atom is -0.380 e. The fourth-order valence-electron chi connectivity index (χ4n) is 2.28. The zero-order valence-corrected chi connectivity index (χ0v) is 11.9. The monoisotopic (exact) mass is 260 g/mol. The largest absolute Gasteiger partial charge is 0.380 e. The van der Waals surface area contributed by atoms with Crippen molar-refractivity contribution in [2.24, 2.45) is 11.7 Å². The summed E-state index contributed by atoms with van der Waals surface area (Å²) >= 11 is 0. The molecule has 1 heterocycles. The zero-order valence-electron chi connectivity index (χ0n) is 11.9. The Morgan fingerprint density at radius 3 is 2.74 bits per heavy atom. The number of rotatable bonds is 7. The lowest BCUT2D eigenvalue weighted by Crippen LogP contribution is -2.12. The summed E-state index contributed by atoms with van der Waals surface area (Å²) in [7, 11) is 0. The van der Waals surface area contributed by atoms with Gasteiger partial charge < -0.3 is 15.0 Å². The zero-order chi connectivity index (χ0) is 13.7. The molecule has 3 nitrogen and oxygen atoms in total. The molecule has 1 aromatic carbocycles. The number of benzene rings is 1. The highest BCUT2D eigenvalue weighted by Gasteiger charge is 2.06. The van der Waals surface area contributed by atoms with Crippen molar-refractivity contribution >= 4 is 10.9 Å². The lowest BCUT2D eigenvalue weighted by atomic mass is 10.1. The van der Waals surface area contributed by atoms with E-state index in [2.05, 4.69) is 48.7 Å². The summed E-state index contributed by atoms with van der Waals surface area (Å²) in [5, 5.41) is 1.25. The van der Waals surface area contributed by atoms with Crippen LogP contribution in [-0.4, -0.2) is 17.8 Å². The molecule has 3 heteroatoms. The molecule has 0 radical (unpaired) electrons. The number of nitrogens with zero attached hydrogens (tertiary/aromatic N) is 1. The molecule has 2 N–H and O–H groups in total. The molecule has 2 rings (SSSR count). The Labute approximate surface area is 115 Å². The van der Waals surface area contributed by atoms with E-state index >= 15 is 0 Å². The highest BCUT2D eigenvalue weighted by atomic mass is 16.5. The Kier molecular flexibility index (Phi) is 5.00. The van der Waals surface area contributed by atoms with Gasteiger partial charge >= 0.3 is 0 Å². The Morgan fingerprint density at radius 2 is 2.00 bits per heavy atom. The van der Waals surface area contributed by atoms with Gasteiger partial charge in [-0.2, -0.15) is 0 Å². The maximum Gasteiger partial charge on any atom is 0.0645 e. The summed E-state index contributed by atoms with van der Waals surface area (Å²) in [6, 6.07) is 10.6. The second-order valence-electron chi connectivity index (χ2n) is 5.35. The molecule has 0 unspecified atom stereocenters. The number of nitrogens with two attached hydrogens (primary N) is 1. The standard InChI is InChI=1S/C16H24N2O/c1-13(2)7-9-19-10-8-18-15(12-17)11-14-5-3-4-6-16(14)18/h3-6,11,13H,7-10,12,17H2,1-2H3. The maximum atomic E-state index is 5.82. The van der Waals surface area contributed by atoms with E-state index in [1.165, 1.54) is 16.6 Å². The normalized spacial score (nSPS) is 11.6. The van der Waals surface area contributed by atoms with Crippen molar-refractivity contribution in [3.63, 3.8) is 0 Å². The van der Waals surface area contributed by atoms with Gasteiger partial charge in [0.25, 0.3) is 0 Å². The van der Waals surface area contributed by atoms with E-state index in [0.29, 0.717) is 12.5 Å². The van der Waals surface area contributed by atoms with Gasteiger partial charge in [0, 0.05) is 30.9 Å². The third-order valence-electron chi connectivity index (χ3n) is 3.40. The molecule has 1 aromatic heterocycles. The van der Waals surface area contributed by atoms with E-state index in [1.807, 2.05) is 0 Å². The van der Waals surface area contributed by atoms with Crippen molar-refractivity contribution in [3.8, 4) is 0 Å². The molecule has 0 amide bonds. The second-order valence-corrected chi connectivity index (χ2v) is 5.35. The van der Waals surface area contributed by atoms with Crippen molar-refractivity contribution in [1.82, 2.24) is 4.57 Å². The molecular weight excluding hydrogens is 236 g/mol. The lowest BCUT2D eigenvalue weighted by Gasteiger charge is -2.11. The Bertz CT molecular complexity index is 516. The van der Waals surface area contributed by atoms with Crippen LogP contribution in [0.4, 0.5) is 0 Å². The molecule has 2 aromatic rings. The van der Waals surface area contributed by atoms with Gasteiger partial charge in [0.2, 0.25) is 0 Å². The summed E-state index contributed by atoms with van der Waals surface area (Å²) in [6.07, 6.45) is 1.12. The van der Waals surface area contributed by atoms with Crippen molar-refractivity contribution in [2.75, 3.05) is 13.2 Å². The van der Waals surface area contributed by atoms with Crippen LogP contribution in [0.5, 0.6) is 0 Å². The van der Waals surface area contributed by atoms with Crippen molar-refractivity contribution < 1.29 is 4.74 Å². The summed E-state index contributed by atoms with van der Waals surface area (Å²) in [4.78, 5) is 0. The third-order valence-corrected chi connectivity index (χ3v) is 3.40. The second kappa shape index (κ2) is 6.73. The van der Waals surface area contributed by atoms with Gasteiger partial charge in [-0.05, 0) is 29.9 Å². The Morgan fingerprint density at radius 1 is 1.21 bits per heavy atom. The molecule has 0 aliphatic rings. The fourth-order valence-corrected chi connectivity index (χ4v) is 2.28. The van der Waals surface area contributed by atoms with Crippen molar-refractivity contribution in [1.29, 1.82) is 0 Å². The van der Waals surface area contributed by atoms with Crippen LogP contribution >= 0.6 is 0 Å². The van der Waals surface area contributed by atoms with Gasteiger partial charge in [0.1, 0.15) is 0 Å². The summed E-state index contributed by atoms with van der Waals surface area (Å²) < 4.78 is 7.97. The van der Waals surface area contributed by atoms with E-state index < -0.39 is 0 Å². The van der Waals surface area contributed by atoms with Gasteiger partial charge in [-0.3, -0.25) is 0 Å². The molecule has 0 fully saturated rings. The van der Waals surface area contributed by atoms with E-state index in [-0.39, 0.29) is 0 Å². The Hall–Kier alpha value is -1.32. The molecule has 0 aliphatic heterocycles. The van der Waals surface area contributed by atoms with Crippen LogP contribution in [0.25, 0.3) is 10.9 Å². The number of fused-ring (bicyclic) bond motifs is 1. The first-order chi connectivity index (χ1) is 9.22. The van der Waals surface area contributed by atoms with Crippen LogP contribution in [-0.2, 0) is 17.8 Å². The van der Waals surface area contributed by atoms with E-state index in [4.69, 9.17) is 10.5 Å². The molecule has 0 saturated heterocycles. The first-order valence-electron chi connectivity index (χ1n) is 7.07. The first kappa shape index (κ1) is 14.1. The fraction of sp³-hybridized carbons (Fsp3) is 0.500. The van der Waals surface area contributed by atoms with Crippen LogP contribution in [0.1, 0.15) is 26.0 Å². The first-order valence-corrected chi connectivity index (χ1v) is 7.07. The molecule has 0 saturated carbocycles. The molecular formula is C16H24N2O. The number of hydrogen-bond donors (Lipinski definition) is 1. The van der Waals surface area contributed by atoms with Gasteiger partial charge in [-0.25, -0.2) is 0 Å². The average Bonchev–Trinajstić information content (AvgIpc) is 2.76. The highest BCUT2D eigenvalue weighted by Crippen LogP contribution is 2.19. The molecule has 104 valence electrons. The van der Waals surface area contributed by atoms with Crippen LogP contribution in [0.3, 0.4) is 0 Å². The summed E-state index contributed by atoms with van der Waals surface area (Å²) in [5.74, 6) is 0.701. The minimum atomic E-state index is 0.570. The van der Waals surface area contributed by atoms with Crippen LogP contribution in [0.2, 0.25) is 0 Å². The van der Waals surface area contributed by atoms with Gasteiger partial charge in [0.15, 0.2) is 0 Å². The van der Waals surface area contributed by atoms with E-state index in [0.717, 1.165) is 26.2 Å². The minimum absolute atomic E-state index is 0.570. The Balaban J connectivity index is 1.99. The molecule has 0 spiro atoms. The molecule has 0 bridgehead atoms. The van der Waals surface area contributed by atoms with Crippen LogP contribution in [0.15, 0.2) is 30.3 Å². The SMILES string of the molecule is CC(C)CCOCCn1c(CN)cc2ccccc21. The van der Waals surface area contributed by atoms with E-state index in [9.17, 15) is 0 Å². The average molecular weight is 260 g/mol. The highest BCUT2D eigenvalue weighted by molar-refractivity contribution is 5.81. The van der Waals surface area contributed by atoms with E-state index in [1.54, 1.807) is 0 Å².